The maximum absolute atomic E-state index is 2.42. The minimum Gasteiger partial charge on any atom is -0.0622 e. The maximum Gasteiger partial charge on any atom is -0.00141 e. The van der Waals surface area contributed by atoms with Gasteiger partial charge in [0.15, 0.2) is 0 Å². The van der Waals surface area contributed by atoms with Crippen molar-refractivity contribution in [3.63, 3.8) is 0 Å². The van der Waals surface area contributed by atoms with Crippen molar-refractivity contribution in [1.29, 1.82) is 0 Å². The molecule has 0 aliphatic heterocycles. The first-order valence-corrected chi connectivity index (χ1v) is 14.6. The molecule has 0 bridgehead atoms. The average molecular weight is 531 g/mol. The van der Waals surface area contributed by atoms with E-state index in [1.165, 1.54) is 87.2 Å². The summed E-state index contributed by atoms with van der Waals surface area (Å²) in [4.78, 5) is 0. The summed E-state index contributed by atoms with van der Waals surface area (Å²) in [6.45, 7) is 0. The molecule has 194 valence electrons. The van der Waals surface area contributed by atoms with Gasteiger partial charge in [-0.25, -0.2) is 0 Å². The van der Waals surface area contributed by atoms with Gasteiger partial charge in [-0.05, 0) is 93.3 Å². The van der Waals surface area contributed by atoms with Gasteiger partial charge >= 0.3 is 0 Å². The molecular weight excluding hydrogens is 504 g/mol. The molecule has 0 unspecified atom stereocenters. The van der Waals surface area contributed by atoms with E-state index < -0.39 is 0 Å². The van der Waals surface area contributed by atoms with Gasteiger partial charge < -0.3 is 0 Å². The van der Waals surface area contributed by atoms with Crippen LogP contribution in [-0.4, -0.2) is 0 Å². The highest BCUT2D eigenvalue weighted by atomic mass is 14.2. The average Bonchev–Trinajstić information content (AvgIpc) is 3.07. The molecule has 0 heteroatoms. The van der Waals surface area contributed by atoms with Crippen LogP contribution in [-0.2, 0) is 0 Å². The molecule has 0 heterocycles. The molecule has 0 atom stereocenters. The lowest BCUT2D eigenvalue weighted by atomic mass is 9.83. The Bertz CT molecular complexity index is 2440. The Kier molecular flexibility index (Phi) is 5.00. The van der Waals surface area contributed by atoms with Crippen molar-refractivity contribution in [2.75, 3.05) is 0 Å². The highest BCUT2D eigenvalue weighted by Crippen LogP contribution is 2.47. The monoisotopic (exact) mass is 530 g/mol. The van der Waals surface area contributed by atoms with E-state index in [0.29, 0.717) is 0 Å². The molecule has 0 nitrogen and oxygen atoms in total. The Labute approximate surface area is 244 Å². The summed E-state index contributed by atoms with van der Waals surface area (Å²) in [7, 11) is 0. The fourth-order valence-corrected chi connectivity index (χ4v) is 7.13. The fourth-order valence-electron chi connectivity index (χ4n) is 7.13. The van der Waals surface area contributed by atoms with Crippen molar-refractivity contribution in [1.82, 2.24) is 0 Å². The van der Waals surface area contributed by atoms with E-state index in [-0.39, 0.29) is 0 Å². The van der Waals surface area contributed by atoms with Crippen molar-refractivity contribution < 1.29 is 0 Å². The molecule has 0 amide bonds. The van der Waals surface area contributed by atoms with Gasteiger partial charge in [-0.2, -0.15) is 0 Å². The first-order valence-electron chi connectivity index (χ1n) is 14.6. The van der Waals surface area contributed by atoms with E-state index in [1.54, 1.807) is 0 Å². The first kappa shape index (κ1) is 23.3. The van der Waals surface area contributed by atoms with Gasteiger partial charge in [-0.15, -0.1) is 0 Å². The second kappa shape index (κ2) is 9.03. The quantitative estimate of drug-likeness (QED) is 0.199. The van der Waals surface area contributed by atoms with Gasteiger partial charge in [-0.3, -0.25) is 0 Å². The lowest BCUT2D eigenvalue weighted by Gasteiger charge is -2.20. The van der Waals surface area contributed by atoms with Gasteiger partial charge in [0.2, 0.25) is 0 Å². The van der Waals surface area contributed by atoms with E-state index in [4.69, 9.17) is 0 Å². The van der Waals surface area contributed by atoms with Gasteiger partial charge in [0, 0.05) is 0 Å². The van der Waals surface area contributed by atoms with Crippen LogP contribution in [0.15, 0.2) is 158 Å². The molecule has 0 aliphatic carbocycles. The minimum absolute atomic E-state index is 1.24. The third kappa shape index (κ3) is 3.36. The lowest BCUT2D eigenvalue weighted by Crippen LogP contribution is -1.93. The Hall–Kier alpha value is -5.46. The third-order valence-electron chi connectivity index (χ3n) is 9.03. The summed E-state index contributed by atoms with van der Waals surface area (Å²) in [6.07, 6.45) is 0. The van der Waals surface area contributed by atoms with Crippen LogP contribution in [0.1, 0.15) is 0 Å². The summed E-state index contributed by atoms with van der Waals surface area (Å²) in [6, 6.07) is 58.1. The normalized spacial score (nSPS) is 11.8. The molecule has 0 N–H and O–H groups in total. The van der Waals surface area contributed by atoms with Gasteiger partial charge in [-0.1, -0.05) is 152 Å². The number of rotatable bonds is 3. The Morgan fingerprint density at radius 2 is 0.738 bits per heavy atom. The fraction of sp³-hybridized carbons (Fsp3) is 0. The van der Waals surface area contributed by atoms with Crippen LogP contribution in [0.2, 0.25) is 0 Å². The van der Waals surface area contributed by atoms with E-state index in [9.17, 15) is 0 Å². The molecule has 9 aromatic rings. The summed E-state index contributed by atoms with van der Waals surface area (Å²) >= 11 is 0. The smallest absolute Gasteiger partial charge is 0.00141 e. The molecule has 0 aromatic heterocycles. The summed E-state index contributed by atoms with van der Waals surface area (Å²) < 4.78 is 0. The standard InChI is InChI=1S/C42H26/c1-2-10-29(11-3-1)39-26-40(34-19-9-15-28-13-5-7-17-32(28)34)38-23-21-30-20-22-35(36-24-25-37(39)42(38)41(30)36)33-18-8-14-27-12-4-6-16-31(27)33/h1-26H. The van der Waals surface area contributed by atoms with Crippen LogP contribution in [0, 0.1) is 0 Å². The predicted octanol–water partition coefficient (Wildman–Crippen LogP) is 11.9. The molecule has 0 fully saturated rings. The van der Waals surface area contributed by atoms with Crippen molar-refractivity contribution in [2.24, 2.45) is 0 Å². The third-order valence-corrected chi connectivity index (χ3v) is 9.03. The van der Waals surface area contributed by atoms with E-state index in [1.807, 2.05) is 0 Å². The van der Waals surface area contributed by atoms with Crippen molar-refractivity contribution in [3.8, 4) is 33.4 Å². The molecule has 0 saturated carbocycles. The number of fused-ring (bicyclic) bond motifs is 2. The lowest BCUT2D eigenvalue weighted by molar-refractivity contribution is 1.65. The number of benzene rings is 9. The van der Waals surface area contributed by atoms with Crippen LogP contribution in [0.3, 0.4) is 0 Å². The SMILES string of the molecule is c1ccc(-c2cc(-c3cccc4ccccc34)c3ccc4ccc(-c5cccc6ccccc56)c5ccc2c3c45)cc1. The van der Waals surface area contributed by atoms with E-state index in [0.717, 1.165) is 0 Å². The second-order valence-corrected chi connectivity index (χ2v) is 11.3. The van der Waals surface area contributed by atoms with Crippen LogP contribution in [0.5, 0.6) is 0 Å². The van der Waals surface area contributed by atoms with Crippen LogP contribution in [0.25, 0.3) is 87.2 Å². The molecular formula is C42H26. The van der Waals surface area contributed by atoms with Crippen LogP contribution in [0.4, 0.5) is 0 Å². The highest BCUT2D eigenvalue weighted by molar-refractivity contribution is 6.30. The van der Waals surface area contributed by atoms with Crippen LogP contribution < -0.4 is 0 Å². The van der Waals surface area contributed by atoms with Gasteiger partial charge in [0.25, 0.3) is 0 Å². The van der Waals surface area contributed by atoms with Crippen molar-refractivity contribution in [2.45, 2.75) is 0 Å². The highest BCUT2D eigenvalue weighted by Gasteiger charge is 2.19. The largest absolute Gasteiger partial charge is 0.0622 e. The zero-order valence-electron chi connectivity index (χ0n) is 23.0. The molecule has 42 heavy (non-hydrogen) atoms. The Morgan fingerprint density at radius 3 is 1.45 bits per heavy atom. The molecule has 9 rings (SSSR count). The second-order valence-electron chi connectivity index (χ2n) is 11.3. The zero-order chi connectivity index (χ0) is 27.6. The Balaban J connectivity index is 1.46. The summed E-state index contributed by atoms with van der Waals surface area (Å²) in [5.41, 5.74) is 7.64. The van der Waals surface area contributed by atoms with Crippen LogP contribution >= 0.6 is 0 Å². The topological polar surface area (TPSA) is 0 Å². The minimum atomic E-state index is 1.24. The number of hydrogen-bond donors (Lipinski definition) is 0. The van der Waals surface area contributed by atoms with Crippen molar-refractivity contribution >= 4 is 53.9 Å². The molecule has 9 aromatic carbocycles. The maximum atomic E-state index is 2.42. The predicted molar refractivity (Wildman–Crippen MR) is 181 cm³/mol. The summed E-state index contributed by atoms with van der Waals surface area (Å²) in [5, 5.41) is 13.0. The molecule has 0 radical (unpaired) electrons. The first-order chi connectivity index (χ1) is 20.8. The van der Waals surface area contributed by atoms with Gasteiger partial charge in [0.05, 0.1) is 0 Å². The van der Waals surface area contributed by atoms with E-state index >= 15 is 0 Å². The summed E-state index contributed by atoms with van der Waals surface area (Å²) in [5.74, 6) is 0. The molecule has 0 spiro atoms. The van der Waals surface area contributed by atoms with Gasteiger partial charge in [0.1, 0.15) is 0 Å². The number of hydrogen-bond acceptors (Lipinski definition) is 0. The molecule has 0 aliphatic rings. The molecule has 0 saturated heterocycles. The Morgan fingerprint density at radius 1 is 0.238 bits per heavy atom. The van der Waals surface area contributed by atoms with Crippen molar-refractivity contribution in [3.05, 3.63) is 158 Å². The zero-order valence-corrected chi connectivity index (χ0v) is 23.0. The van der Waals surface area contributed by atoms with E-state index in [2.05, 4.69) is 158 Å².